The molecule has 0 unspecified atom stereocenters. The van der Waals surface area contributed by atoms with Crippen molar-refractivity contribution in [1.82, 2.24) is 5.32 Å². The van der Waals surface area contributed by atoms with Crippen LogP contribution >= 0.6 is 0 Å². The highest BCUT2D eigenvalue weighted by Crippen LogP contribution is 2.32. The molecule has 4 heteroatoms. The molecule has 0 bridgehead atoms. The number of halogens is 2. The zero-order valence-electron chi connectivity index (χ0n) is 12.5. The third kappa shape index (κ3) is 3.39. The van der Waals surface area contributed by atoms with Gasteiger partial charge in [-0.3, -0.25) is 0 Å². The third-order valence-electron chi connectivity index (χ3n) is 3.40. The van der Waals surface area contributed by atoms with E-state index in [1.165, 1.54) is 19.2 Å². The molecule has 0 heterocycles. The molecule has 2 aromatic rings. The number of hydrogen-bond acceptors (Lipinski definition) is 2. The minimum Gasteiger partial charge on any atom is -0.497 e. The number of benzene rings is 2. The molecule has 0 fully saturated rings. The first-order valence-electron chi connectivity index (χ1n) is 6.90. The van der Waals surface area contributed by atoms with Gasteiger partial charge in [0, 0.05) is 18.7 Å². The largest absolute Gasteiger partial charge is 0.497 e. The summed E-state index contributed by atoms with van der Waals surface area (Å²) in [6.45, 7) is 5.37. The van der Waals surface area contributed by atoms with E-state index in [0.717, 1.165) is 17.7 Å². The van der Waals surface area contributed by atoms with E-state index in [1.54, 1.807) is 0 Å². The Balaban J connectivity index is 2.50. The van der Waals surface area contributed by atoms with Crippen LogP contribution in [0.3, 0.4) is 0 Å². The van der Waals surface area contributed by atoms with Gasteiger partial charge in [0.25, 0.3) is 0 Å². The topological polar surface area (TPSA) is 21.3 Å². The summed E-state index contributed by atoms with van der Waals surface area (Å²) < 4.78 is 33.3. The van der Waals surface area contributed by atoms with Gasteiger partial charge >= 0.3 is 0 Å². The lowest BCUT2D eigenvalue weighted by Crippen LogP contribution is -2.11. The maximum atomic E-state index is 14.2. The highest BCUT2D eigenvalue weighted by Gasteiger charge is 2.16. The summed E-state index contributed by atoms with van der Waals surface area (Å²) in [6.07, 6.45) is 0. The van der Waals surface area contributed by atoms with Gasteiger partial charge in [-0.15, -0.1) is 0 Å². The lowest BCUT2D eigenvalue weighted by atomic mass is 9.97. The Morgan fingerprint density at radius 2 is 1.76 bits per heavy atom. The maximum absolute atomic E-state index is 14.2. The van der Waals surface area contributed by atoms with Crippen molar-refractivity contribution in [2.45, 2.75) is 20.4 Å². The molecule has 1 N–H and O–H groups in total. The fourth-order valence-electron chi connectivity index (χ4n) is 2.24. The van der Waals surface area contributed by atoms with E-state index in [-0.39, 0.29) is 11.3 Å². The first-order chi connectivity index (χ1) is 10.1. The molecule has 0 saturated carbocycles. The van der Waals surface area contributed by atoms with Crippen molar-refractivity contribution in [2.24, 2.45) is 0 Å². The summed E-state index contributed by atoms with van der Waals surface area (Å²) in [5.41, 5.74) is 2.39. The predicted molar refractivity (Wildman–Crippen MR) is 80.5 cm³/mol. The lowest BCUT2D eigenvalue weighted by molar-refractivity contribution is 0.407. The number of nitrogens with one attached hydrogen (secondary N) is 1. The normalized spacial score (nSPS) is 10.7. The van der Waals surface area contributed by atoms with Crippen LogP contribution in [0.5, 0.6) is 5.75 Å². The summed E-state index contributed by atoms with van der Waals surface area (Å²) in [7, 11) is 1.39. The maximum Gasteiger partial charge on any atom is 0.137 e. The van der Waals surface area contributed by atoms with Gasteiger partial charge in [-0.05, 0) is 36.2 Å². The lowest BCUT2D eigenvalue weighted by Gasteiger charge is -2.12. The van der Waals surface area contributed by atoms with Crippen LogP contribution in [0, 0.1) is 18.6 Å². The van der Waals surface area contributed by atoms with E-state index < -0.39 is 11.6 Å². The van der Waals surface area contributed by atoms with E-state index in [1.807, 2.05) is 32.0 Å². The van der Waals surface area contributed by atoms with Crippen molar-refractivity contribution in [3.63, 3.8) is 0 Å². The molecule has 0 atom stereocenters. The molecule has 2 aromatic carbocycles. The third-order valence-corrected chi connectivity index (χ3v) is 3.40. The quantitative estimate of drug-likeness (QED) is 0.897. The molecule has 0 saturated heterocycles. The van der Waals surface area contributed by atoms with E-state index in [4.69, 9.17) is 4.74 Å². The van der Waals surface area contributed by atoms with Crippen molar-refractivity contribution in [1.29, 1.82) is 0 Å². The van der Waals surface area contributed by atoms with Gasteiger partial charge in [-0.2, -0.15) is 0 Å². The summed E-state index contributed by atoms with van der Waals surface area (Å²) in [5, 5.41) is 3.20. The van der Waals surface area contributed by atoms with Gasteiger partial charge < -0.3 is 10.1 Å². The van der Waals surface area contributed by atoms with Gasteiger partial charge in [-0.1, -0.05) is 19.1 Å². The van der Waals surface area contributed by atoms with E-state index in [0.29, 0.717) is 12.1 Å². The van der Waals surface area contributed by atoms with Crippen LogP contribution in [0.15, 0.2) is 30.3 Å². The van der Waals surface area contributed by atoms with Crippen LogP contribution in [0.1, 0.15) is 18.1 Å². The first kappa shape index (κ1) is 15.4. The van der Waals surface area contributed by atoms with Crippen LogP contribution in [0.4, 0.5) is 8.78 Å². The Morgan fingerprint density at radius 3 is 2.33 bits per heavy atom. The van der Waals surface area contributed by atoms with E-state index >= 15 is 0 Å². The molecule has 2 nitrogen and oxygen atoms in total. The molecule has 0 aliphatic rings. The van der Waals surface area contributed by atoms with E-state index in [2.05, 4.69) is 5.32 Å². The zero-order chi connectivity index (χ0) is 15.4. The Kier molecular flexibility index (Phi) is 4.91. The second-order valence-electron chi connectivity index (χ2n) is 4.90. The Bertz CT molecular complexity index is 618. The molecular weight excluding hydrogens is 272 g/mol. The Morgan fingerprint density at radius 1 is 1.10 bits per heavy atom. The second-order valence-corrected chi connectivity index (χ2v) is 4.90. The molecule has 0 amide bonds. The second kappa shape index (κ2) is 6.68. The monoisotopic (exact) mass is 291 g/mol. The number of rotatable bonds is 5. The van der Waals surface area contributed by atoms with E-state index in [9.17, 15) is 8.78 Å². The van der Waals surface area contributed by atoms with Crippen molar-refractivity contribution >= 4 is 0 Å². The minimum absolute atomic E-state index is 0.00773. The number of methoxy groups -OCH3 is 1. The fraction of sp³-hybridized carbons (Fsp3) is 0.294. The van der Waals surface area contributed by atoms with Crippen LogP contribution < -0.4 is 10.1 Å². The molecule has 0 aliphatic carbocycles. The molecule has 2 rings (SSSR count). The van der Waals surface area contributed by atoms with Gasteiger partial charge in [-0.25, -0.2) is 8.78 Å². The Hall–Kier alpha value is -1.94. The molecule has 21 heavy (non-hydrogen) atoms. The molecule has 0 spiro atoms. The summed E-state index contributed by atoms with van der Waals surface area (Å²) in [4.78, 5) is 0. The minimum atomic E-state index is -0.615. The highest BCUT2D eigenvalue weighted by atomic mass is 19.1. The average Bonchev–Trinajstić information content (AvgIpc) is 2.46. The number of hydrogen-bond donors (Lipinski definition) is 1. The SMILES string of the molecule is CCNCc1ccc(C)c(-c2c(F)cc(OC)cc2F)c1. The molecule has 112 valence electrons. The van der Waals surface area contributed by atoms with Gasteiger partial charge in [0.05, 0.1) is 12.7 Å². The van der Waals surface area contributed by atoms with Gasteiger partial charge in [0.15, 0.2) is 0 Å². The molecule has 0 radical (unpaired) electrons. The fourth-order valence-corrected chi connectivity index (χ4v) is 2.24. The Labute approximate surface area is 123 Å². The summed E-state index contributed by atoms with van der Waals surface area (Å²) in [5.74, 6) is -1.05. The van der Waals surface area contributed by atoms with Crippen LogP contribution in [-0.2, 0) is 6.54 Å². The van der Waals surface area contributed by atoms with Crippen molar-refractivity contribution in [3.8, 4) is 16.9 Å². The highest BCUT2D eigenvalue weighted by molar-refractivity contribution is 5.70. The standard InChI is InChI=1S/C17H19F2NO/c1-4-20-10-12-6-5-11(2)14(7-12)17-15(18)8-13(21-3)9-16(17)19/h5-9,20H,4,10H2,1-3H3. The molecule has 0 aliphatic heterocycles. The van der Waals surface area contributed by atoms with Gasteiger partial charge in [0.1, 0.15) is 17.4 Å². The number of ether oxygens (including phenoxy) is 1. The summed E-state index contributed by atoms with van der Waals surface area (Å²) >= 11 is 0. The smallest absolute Gasteiger partial charge is 0.137 e. The molecular formula is C17H19F2NO. The number of aryl methyl sites for hydroxylation is 1. The van der Waals surface area contributed by atoms with Crippen molar-refractivity contribution in [2.75, 3.05) is 13.7 Å². The zero-order valence-corrected chi connectivity index (χ0v) is 12.5. The van der Waals surface area contributed by atoms with Crippen LogP contribution in [0.2, 0.25) is 0 Å². The predicted octanol–water partition coefficient (Wildman–Crippen LogP) is 4.06. The van der Waals surface area contributed by atoms with Crippen molar-refractivity contribution in [3.05, 3.63) is 53.1 Å². The summed E-state index contributed by atoms with van der Waals surface area (Å²) in [6, 6.07) is 8.07. The first-order valence-corrected chi connectivity index (χ1v) is 6.90. The van der Waals surface area contributed by atoms with Gasteiger partial charge in [0.2, 0.25) is 0 Å². The van der Waals surface area contributed by atoms with Crippen LogP contribution in [0.25, 0.3) is 11.1 Å². The van der Waals surface area contributed by atoms with Crippen LogP contribution in [-0.4, -0.2) is 13.7 Å². The van der Waals surface area contributed by atoms with Crippen molar-refractivity contribution < 1.29 is 13.5 Å². The molecule has 0 aromatic heterocycles. The average molecular weight is 291 g/mol.